The second-order valence-corrected chi connectivity index (χ2v) is 5.47. The van der Waals surface area contributed by atoms with Gasteiger partial charge in [-0.3, -0.25) is 0 Å². The van der Waals surface area contributed by atoms with Crippen molar-refractivity contribution in [3.05, 3.63) is 71.9 Å². The number of alkyl halides is 2. The van der Waals surface area contributed by atoms with E-state index in [1.165, 1.54) is 24.3 Å². The topological polar surface area (TPSA) is 55.1 Å². The van der Waals surface area contributed by atoms with Gasteiger partial charge in [-0.1, -0.05) is 24.3 Å². The number of hydrogen-bond donors (Lipinski definition) is 1. The molecule has 0 bridgehead atoms. The summed E-state index contributed by atoms with van der Waals surface area (Å²) < 4.78 is 28.0. The first kappa shape index (κ1) is 15.9. The van der Waals surface area contributed by atoms with E-state index in [9.17, 15) is 13.6 Å². The molecule has 1 heterocycles. The molecule has 2 aromatic carbocycles. The average molecular weight is 328 g/mol. The fourth-order valence-corrected chi connectivity index (χ4v) is 2.34. The van der Waals surface area contributed by atoms with Crippen LogP contribution in [0.2, 0.25) is 0 Å². The Hall–Kier alpha value is -3.02. The summed E-state index contributed by atoms with van der Waals surface area (Å²) >= 11 is 0. The van der Waals surface area contributed by atoms with E-state index in [1.807, 2.05) is 0 Å². The minimum atomic E-state index is -2.88. The van der Waals surface area contributed by atoms with Crippen LogP contribution >= 0.6 is 0 Å². The average Bonchev–Trinajstić information content (AvgIpc) is 3.04. The molecule has 0 atom stereocenters. The molecule has 6 heteroatoms. The summed E-state index contributed by atoms with van der Waals surface area (Å²) in [6.07, 6.45) is 1.70. The van der Waals surface area contributed by atoms with Crippen LogP contribution in [0.15, 0.2) is 60.8 Å². The normalized spacial score (nSPS) is 11.5. The van der Waals surface area contributed by atoms with Gasteiger partial charge in [-0.2, -0.15) is 5.10 Å². The van der Waals surface area contributed by atoms with Crippen LogP contribution in [0.5, 0.6) is 0 Å². The predicted octanol–water partition coefficient (Wildman–Crippen LogP) is 4.35. The van der Waals surface area contributed by atoms with Crippen LogP contribution in [0.4, 0.5) is 8.78 Å². The molecule has 0 unspecified atom stereocenters. The fraction of sp³-hybridized carbons (Fsp3) is 0.111. The first-order valence-electron chi connectivity index (χ1n) is 7.23. The van der Waals surface area contributed by atoms with Gasteiger partial charge in [0.2, 0.25) is 0 Å². The molecule has 1 aromatic heterocycles. The maximum atomic E-state index is 13.2. The molecule has 3 aromatic rings. The van der Waals surface area contributed by atoms with Crippen LogP contribution in [0.25, 0.3) is 16.9 Å². The zero-order valence-corrected chi connectivity index (χ0v) is 12.8. The van der Waals surface area contributed by atoms with Gasteiger partial charge in [-0.25, -0.2) is 18.3 Å². The molecule has 0 aliphatic heterocycles. The highest BCUT2D eigenvalue weighted by molar-refractivity contribution is 5.89. The highest BCUT2D eigenvalue weighted by atomic mass is 19.3. The summed E-state index contributed by atoms with van der Waals surface area (Å²) in [5.41, 5.74) is 2.03. The number of carbonyl (C=O) groups is 1. The quantitative estimate of drug-likeness (QED) is 0.775. The van der Waals surface area contributed by atoms with Gasteiger partial charge in [-0.05, 0) is 30.3 Å². The molecule has 24 heavy (non-hydrogen) atoms. The zero-order valence-electron chi connectivity index (χ0n) is 12.8. The van der Waals surface area contributed by atoms with Gasteiger partial charge in [0.1, 0.15) is 0 Å². The van der Waals surface area contributed by atoms with Gasteiger partial charge in [0.15, 0.2) is 0 Å². The van der Waals surface area contributed by atoms with Gasteiger partial charge in [-0.15, -0.1) is 0 Å². The van der Waals surface area contributed by atoms with Crippen LogP contribution in [-0.2, 0) is 5.92 Å². The van der Waals surface area contributed by atoms with Crippen molar-refractivity contribution in [2.24, 2.45) is 0 Å². The van der Waals surface area contributed by atoms with Gasteiger partial charge in [0.25, 0.3) is 5.92 Å². The monoisotopic (exact) mass is 328 g/mol. The molecule has 0 saturated carbocycles. The van der Waals surface area contributed by atoms with Crippen molar-refractivity contribution in [1.82, 2.24) is 9.78 Å². The number of benzene rings is 2. The third kappa shape index (κ3) is 3.17. The number of halogens is 2. The highest BCUT2D eigenvalue weighted by Crippen LogP contribution is 2.27. The first-order valence-corrected chi connectivity index (χ1v) is 7.23. The third-order valence-electron chi connectivity index (χ3n) is 3.63. The largest absolute Gasteiger partial charge is 0.478 e. The summed E-state index contributed by atoms with van der Waals surface area (Å²) in [6.45, 7) is 0.851. The number of rotatable bonds is 4. The third-order valence-corrected chi connectivity index (χ3v) is 3.63. The van der Waals surface area contributed by atoms with Crippen molar-refractivity contribution in [2.75, 3.05) is 0 Å². The minimum absolute atomic E-state index is 0.0622. The molecular formula is C18H14F2N2O2. The highest BCUT2D eigenvalue weighted by Gasteiger charge is 2.23. The van der Waals surface area contributed by atoms with Crippen LogP contribution in [-0.4, -0.2) is 20.9 Å². The van der Waals surface area contributed by atoms with Crippen LogP contribution < -0.4 is 0 Å². The molecule has 4 nitrogen and oxygen atoms in total. The number of nitrogens with zero attached hydrogens (tertiary/aromatic N) is 2. The summed E-state index contributed by atoms with van der Waals surface area (Å²) in [6, 6.07) is 14.1. The molecule has 0 spiro atoms. The Balaban J connectivity index is 1.91. The van der Waals surface area contributed by atoms with E-state index < -0.39 is 11.9 Å². The van der Waals surface area contributed by atoms with Crippen LogP contribution in [0, 0.1) is 0 Å². The smallest absolute Gasteiger partial charge is 0.335 e. The lowest BCUT2D eigenvalue weighted by Gasteiger charge is -2.11. The van der Waals surface area contributed by atoms with E-state index in [2.05, 4.69) is 5.10 Å². The summed E-state index contributed by atoms with van der Waals surface area (Å²) in [4.78, 5) is 11.0. The number of aromatic carboxylic acids is 1. The lowest BCUT2D eigenvalue weighted by atomic mass is 10.1. The molecule has 0 amide bonds. The number of aromatic nitrogens is 2. The summed E-state index contributed by atoms with van der Waals surface area (Å²) in [5, 5.41) is 13.4. The second kappa shape index (κ2) is 5.88. The van der Waals surface area contributed by atoms with Crippen molar-refractivity contribution < 1.29 is 18.7 Å². The minimum Gasteiger partial charge on any atom is -0.478 e. The van der Waals surface area contributed by atoms with E-state index in [4.69, 9.17) is 5.11 Å². The Morgan fingerprint density at radius 2 is 1.83 bits per heavy atom. The number of carboxylic acid groups (broad SMARTS) is 1. The molecule has 0 aliphatic carbocycles. The Labute approximate surface area is 137 Å². The van der Waals surface area contributed by atoms with Crippen molar-refractivity contribution >= 4 is 5.97 Å². The van der Waals surface area contributed by atoms with E-state index >= 15 is 0 Å². The van der Waals surface area contributed by atoms with Crippen molar-refractivity contribution in [3.63, 3.8) is 0 Å². The van der Waals surface area contributed by atoms with Gasteiger partial charge >= 0.3 is 5.97 Å². The van der Waals surface area contributed by atoms with Gasteiger partial charge < -0.3 is 5.11 Å². The first-order chi connectivity index (χ1) is 11.3. The lowest BCUT2D eigenvalue weighted by molar-refractivity contribution is 0.0174. The Kier molecular flexibility index (Phi) is 3.89. The van der Waals surface area contributed by atoms with Crippen LogP contribution in [0.3, 0.4) is 0 Å². The van der Waals surface area contributed by atoms with Crippen molar-refractivity contribution in [1.29, 1.82) is 0 Å². The van der Waals surface area contributed by atoms with Crippen molar-refractivity contribution in [3.8, 4) is 16.9 Å². The summed E-state index contributed by atoms with van der Waals surface area (Å²) in [5.74, 6) is -3.89. The molecule has 3 rings (SSSR count). The predicted molar refractivity (Wildman–Crippen MR) is 85.5 cm³/mol. The fourth-order valence-electron chi connectivity index (χ4n) is 2.34. The van der Waals surface area contributed by atoms with E-state index in [-0.39, 0.29) is 11.1 Å². The van der Waals surface area contributed by atoms with E-state index in [1.54, 1.807) is 41.2 Å². The SMILES string of the molecule is CC(F)(F)c1ccc(-n2ccc(-c3cccc(C(=O)O)c3)n2)cc1. The lowest BCUT2D eigenvalue weighted by Crippen LogP contribution is -2.07. The number of hydrogen-bond acceptors (Lipinski definition) is 2. The molecule has 0 fully saturated rings. The Morgan fingerprint density at radius 1 is 1.12 bits per heavy atom. The summed E-state index contributed by atoms with van der Waals surface area (Å²) in [7, 11) is 0. The zero-order chi connectivity index (χ0) is 17.3. The Bertz CT molecular complexity index is 881. The Morgan fingerprint density at radius 3 is 2.46 bits per heavy atom. The molecule has 0 radical (unpaired) electrons. The van der Waals surface area contributed by atoms with Gasteiger partial charge in [0.05, 0.1) is 16.9 Å². The molecular weight excluding hydrogens is 314 g/mol. The van der Waals surface area contributed by atoms with Crippen LogP contribution in [0.1, 0.15) is 22.8 Å². The van der Waals surface area contributed by atoms with Gasteiger partial charge in [0, 0.05) is 24.2 Å². The molecule has 0 saturated heterocycles. The number of carboxylic acids is 1. The molecule has 1 N–H and O–H groups in total. The van der Waals surface area contributed by atoms with E-state index in [0.29, 0.717) is 16.9 Å². The van der Waals surface area contributed by atoms with Crippen molar-refractivity contribution in [2.45, 2.75) is 12.8 Å². The second-order valence-electron chi connectivity index (χ2n) is 5.47. The van der Waals surface area contributed by atoms with E-state index in [0.717, 1.165) is 6.92 Å². The maximum Gasteiger partial charge on any atom is 0.335 e. The molecule has 122 valence electrons. The molecule has 0 aliphatic rings. The maximum absolute atomic E-state index is 13.2. The standard InChI is InChI=1S/C18H14F2N2O2/c1-18(19,20)14-5-7-15(8-6-14)22-10-9-16(21-22)12-3-2-4-13(11-12)17(23)24/h2-11H,1H3,(H,23,24).